The van der Waals surface area contributed by atoms with Crippen LogP contribution in [0.5, 0.6) is 0 Å². The number of aromatic nitrogens is 2. The predicted octanol–water partition coefficient (Wildman–Crippen LogP) is 5.34. The third-order valence-corrected chi connectivity index (χ3v) is 5.11. The average Bonchev–Trinajstić information content (AvgIpc) is 2.92. The summed E-state index contributed by atoms with van der Waals surface area (Å²) in [5, 5.41) is 19.0. The van der Waals surface area contributed by atoms with Crippen molar-refractivity contribution in [2.24, 2.45) is 5.10 Å². The van der Waals surface area contributed by atoms with E-state index >= 15 is 0 Å². The van der Waals surface area contributed by atoms with Crippen LogP contribution in [0.2, 0.25) is 15.2 Å². The molecule has 0 amide bonds. The molecule has 28 heavy (non-hydrogen) atoms. The quantitative estimate of drug-likeness (QED) is 0.403. The molecule has 6 nitrogen and oxygen atoms in total. The number of rotatable bonds is 6. The molecule has 0 saturated carbocycles. The SMILES string of the molecule is Cc1nn(Cc2c(Cl)cccc2Cl)c(Cl)c1/C=N/Nc1ccc(C(=O)O)cc1. The molecule has 0 radical (unpaired) electrons. The Morgan fingerprint density at radius 2 is 1.82 bits per heavy atom. The number of aryl methyl sites for hydroxylation is 1. The normalized spacial score (nSPS) is 11.1. The van der Waals surface area contributed by atoms with Crippen LogP contribution in [-0.4, -0.2) is 27.1 Å². The highest BCUT2D eigenvalue weighted by Gasteiger charge is 2.14. The van der Waals surface area contributed by atoms with Crippen molar-refractivity contribution in [3.8, 4) is 0 Å². The van der Waals surface area contributed by atoms with E-state index in [1.165, 1.54) is 12.1 Å². The lowest BCUT2D eigenvalue weighted by atomic mass is 10.2. The van der Waals surface area contributed by atoms with Crippen molar-refractivity contribution >= 4 is 52.7 Å². The molecule has 0 spiro atoms. The summed E-state index contributed by atoms with van der Waals surface area (Å²) in [6, 6.07) is 11.5. The Labute approximate surface area is 176 Å². The zero-order valence-corrected chi connectivity index (χ0v) is 16.9. The van der Waals surface area contributed by atoms with Gasteiger partial charge >= 0.3 is 5.97 Å². The topological polar surface area (TPSA) is 79.5 Å². The molecular weight excluding hydrogens is 423 g/mol. The predicted molar refractivity (Wildman–Crippen MR) is 112 cm³/mol. The first-order valence-electron chi connectivity index (χ1n) is 8.15. The Bertz CT molecular complexity index is 1030. The van der Waals surface area contributed by atoms with Gasteiger partial charge in [-0.3, -0.25) is 5.43 Å². The van der Waals surface area contributed by atoms with E-state index in [2.05, 4.69) is 15.6 Å². The number of carboxylic acids is 1. The summed E-state index contributed by atoms with van der Waals surface area (Å²) in [5.74, 6) is -0.983. The molecule has 0 fully saturated rings. The van der Waals surface area contributed by atoms with Crippen molar-refractivity contribution in [1.82, 2.24) is 9.78 Å². The van der Waals surface area contributed by atoms with Crippen LogP contribution < -0.4 is 5.43 Å². The fraction of sp³-hybridized carbons (Fsp3) is 0.105. The van der Waals surface area contributed by atoms with Crippen LogP contribution >= 0.6 is 34.8 Å². The van der Waals surface area contributed by atoms with Crippen molar-refractivity contribution in [1.29, 1.82) is 0 Å². The second-order valence-corrected chi connectivity index (χ2v) is 7.07. The Kier molecular flexibility index (Phi) is 6.24. The smallest absolute Gasteiger partial charge is 0.335 e. The van der Waals surface area contributed by atoms with E-state index in [0.29, 0.717) is 38.7 Å². The first-order chi connectivity index (χ1) is 13.4. The number of anilines is 1. The van der Waals surface area contributed by atoms with Crippen molar-refractivity contribution < 1.29 is 9.90 Å². The molecule has 3 rings (SSSR count). The number of nitrogens with one attached hydrogen (secondary N) is 1. The summed E-state index contributed by atoms with van der Waals surface area (Å²) < 4.78 is 1.60. The maximum Gasteiger partial charge on any atom is 0.335 e. The Morgan fingerprint density at radius 1 is 1.18 bits per heavy atom. The molecule has 2 N–H and O–H groups in total. The molecule has 0 aliphatic rings. The number of hydrazone groups is 1. The number of carbonyl (C=O) groups is 1. The summed E-state index contributed by atoms with van der Waals surface area (Å²) >= 11 is 18.9. The average molecular weight is 438 g/mol. The standard InChI is InChI=1S/C19H15Cl3N4O2/c1-11-14(9-23-24-13-7-5-12(6-8-13)19(27)28)18(22)26(25-11)10-15-16(20)3-2-4-17(15)21/h2-9,24H,10H2,1H3,(H,27,28)/b23-9+. The van der Waals surface area contributed by atoms with E-state index in [1.54, 1.807) is 41.2 Å². The molecule has 3 aromatic rings. The third-order valence-electron chi connectivity index (χ3n) is 4.00. The molecule has 144 valence electrons. The highest BCUT2D eigenvalue weighted by molar-refractivity contribution is 6.36. The summed E-state index contributed by atoms with van der Waals surface area (Å²) in [6.45, 7) is 2.15. The molecule has 0 bridgehead atoms. The molecule has 1 heterocycles. The van der Waals surface area contributed by atoms with Crippen LogP contribution in [0.15, 0.2) is 47.6 Å². The van der Waals surface area contributed by atoms with Crippen LogP contribution in [0.1, 0.15) is 27.2 Å². The molecule has 1 aromatic heterocycles. The highest BCUT2D eigenvalue weighted by atomic mass is 35.5. The van der Waals surface area contributed by atoms with Gasteiger partial charge in [0.2, 0.25) is 0 Å². The Hall–Kier alpha value is -2.54. The van der Waals surface area contributed by atoms with E-state index in [1.807, 2.05) is 6.92 Å². The molecule has 2 aromatic carbocycles. The largest absolute Gasteiger partial charge is 0.478 e. The lowest BCUT2D eigenvalue weighted by Crippen LogP contribution is -2.03. The first kappa shape index (κ1) is 20.2. The van der Waals surface area contributed by atoms with Crippen LogP contribution in [0, 0.1) is 6.92 Å². The lowest BCUT2D eigenvalue weighted by Gasteiger charge is -2.08. The maximum absolute atomic E-state index is 10.9. The second kappa shape index (κ2) is 8.65. The van der Waals surface area contributed by atoms with E-state index in [0.717, 1.165) is 5.56 Å². The maximum atomic E-state index is 10.9. The molecule has 0 saturated heterocycles. The highest BCUT2D eigenvalue weighted by Crippen LogP contribution is 2.27. The van der Waals surface area contributed by atoms with Gasteiger partial charge in [0.05, 0.1) is 35.3 Å². The summed E-state index contributed by atoms with van der Waals surface area (Å²) in [6.07, 6.45) is 1.56. The van der Waals surface area contributed by atoms with Gasteiger partial charge in [-0.1, -0.05) is 40.9 Å². The summed E-state index contributed by atoms with van der Waals surface area (Å²) in [7, 11) is 0. The van der Waals surface area contributed by atoms with Crippen molar-refractivity contribution in [3.63, 3.8) is 0 Å². The number of aromatic carboxylic acids is 1. The minimum atomic E-state index is -0.983. The fourth-order valence-corrected chi connectivity index (χ4v) is 3.31. The van der Waals surface area contributed by atoms with E-state index in [-0.39, 0.29) is 5.56 Å². The van der Waals surface area contributed by atoms with Crippen LogP contribution in [0.3, 0.4) is 0 Å². The summed E-state index contributed by atoms with van der Waals surface area (Å²) in [5.41, 5.74) is 5.75. The van der Waals surface area contributed by atoms with Crippen LogP contribution in [-0.2, 0) is 6.54 Å². The molecular formula is C19H15Cl3N4O2. The van der Waals surface area contributed by atoms with Crippen molar-refractivity contribution in [2.45, 2.75) is 13.5 Å². The number of benzene rings is 2. The summed E-state index contributed by atoms with van der Waals surface area (Å²) in [4.78, 5) is 10.9. The van der Waals surface area contributed by atoms with Gasteiger partial charge in [0.15, 0.2) is 0 Å². The van der Waals surface area contributed by atoms with Gasteiger partial charge in [-0.05, 0) is 43.3 Å². The van der Waals surface area contributed by atoms with Gasteiger partial charge in [-0.25, -0.2) is 9.48 Å². The Balaban J connectivity index is 1.76. The van der Waals surface area contributed by atoms with Crippen molar-refractivity contribution in [3.05, 3.63) is 80.0 Å². The van der Waals surface area contributed by atoms with Gasteiger partial charge in [-0.15, -0.1) is 0 Å². The van der Waals surface area contributed by atoms with E-state index in [4.69, 9.17) is 39.9 Å². The lowest BCUT2D eigenvalue weighted by molar-refractivity contribution is 0.0697. The number of carboxylic acid groups (broad SMARTS) is 1. The van der Waals surface area contributed by atoms with E-state index in [9.17, 15) is 4.79 Å². The minimum absolute atomic E-state index is 0.202. The monoisotopic (exact) mass is 436 g/mol. The van der Waals surface area contributed by atoms with Crippen LogP contribution in [0.25, 0.3) is 0 Å². The van der Waals surface area contributed by atoms with Crippen molar-refractivity contribution in [2.75, 3.05) is 5.43 Å². The van der Waals surface area contributed by atoms with Gasteiger partial charge in [-0.2, -0.15) is 10.2 Å². The molecule has 0 aliphatic heterocycles. The molecule has 0 aliphatic carbocycles. The zero-order valence-electron chi connectivity index (χ0n) is 14.7. The third kappa shape index (κ3) is 4.47. The first-order valence-corrected chi connectivity index (χ1v) is 9.28. The number of nitrogens with zero attached hydrogens (tertiary/aromatic N) is 3. The Morgan fingerprint density at radius 3 is 2.43 bits per heavy atom. The minimum Gasteiger partial charge on any atom is -0.478 e. The fourth-order valence-electron chi connectivity index (χ4n) is 2.51. The van der Waals surface area contributed by atoms with E-state index < -0.39 is 5.97 Å². The van der Waals surface area contributed by atoms with Crippen LogP contribution in [0.4, 0.5) is 5.69 Å². The number of hydrogen-bond acceptors (Lipinski definition) is 4. The second-order valence-electron chi connectivity index (χ2n) is 5.90. The van der Waals surface area contributed by atoms with Gasteiger partial charge < -0.3 is 5.11 Å². The van der Waals surface area contributed by atoms with Gasteiger partial charge in [0, 0.05) is 15.6 Å². The number of halogens is 3. The van der Waals surface area contributed by atoms with Gasteiger partial charge in [0.25, 0.3) is 0 Å². The molecule has 9 heteroatoms. The zero-order chi connectivity index (χ0) is 20.3. The molecule has 0 unspecified atom stereocenters. The molecule has 0 atom stereocenters. The number of hydrogen-bond donors (Lipinski definition) is 2. The van der Waals surface area contributed by atoms with Gasteiger partial charge in [0.1, 0.15) is 5.15 Å².